The average molecular weight is 309 g/mol. The van der Waals surface area contributed by atoms with E-state index in [-0.39, 0.29) is 30.7 Å². The second-order valence-corrected chi connectivity index (χ2v) is 6.01. The fourth-order valence-electron chi connectivity index (χ4n) is 1.98. The van der Waals surface area contributed by atoms with Crippen LogP contribution >= 0.6 is 0 Å². The van der Waals surface area contributed by atoms with Crippen molar-refractivity contribution in [3.8, 4) is 0 Å². The van der Waals surface area contributed by atoms with Crippen molar-refractivity contribution in [2.75, 3.05) is 27.2 Å². The van der Waals surface area contributed by atoms with Gasteiger partial charge in [0.25, 0.3) is 0 Å². The lowest BCUT2D eigenvalue weighted by Crippen LogP contribution is -2.43. The fraction of sp³-hybridized carbons (Fsp3) is 0.500. The van der Waals surface area contributed by atoms with Crippen LogP contribution in [0.4, 0.5) is 9.18 Å². The average Bonchev–Trinajstić information content (AvgIpc) is 2.45. The minimum atomic E-state index is -0.526. The Balaban J connectivity index is 2.43. The summed E-state index contributed by atoms with van der Waals surface area (Å²) in [6, 6.07) is 6.16. The molecule has 0 aliphatic rings. The summed E-state index contributed by atoms with van der Waals surface area (Å²) in [7, 11) is 3.33. The third-order valence-electron chi connectivity index (χ3n) is 3.42. The SMILES string of the molecule is CN(C)C(=O)CCNC(=O)NCC(C)(C)c1ccccc1F. The van der Waals surface area contributed by atoms with Gasteiger partial charge in [-0.15, -0.1) is 0 Å². The van der Waals surface area contributed by atoms with Crippen LogP contribution in [0.2, 0.25) is 0 Å². The molecule has 0 bridgehead atoms. The molecule has 1 aromatic rings. The number of urea groups is 1. The number of hydrogen-bond acceptors (Lipinski definition) is 2. The van der Waals surface area contributed by atoms with Gasteiger partial charge in [0.2, 0.25) is 5.91 Å². The first kappa shape index (κ1) is 17.9. The lowest BCUT2D eigenvalue weighted by molar-refractivity contribution is -0.128. The van der Waals surface area contributed by atoms with Gasteiger partial charge in [-0.1, -0.05) is 32.0 Å². The fourth-order valence-corrected chi connectivity index (χ4v) is 1.98. The zero-order valence-electron chi connectivity index (χ0n) is 13.6. The molecule has 3 amide bonds. The van der Waals surface area contributed by atoms with Crippen molar-refractivity contribution in [1.29, 1.82) is 0 Å². The normalized spacial score (nSPS) is 11.0. The quantitative estimate of drug-likeness (QED) is 0.843. The first-order chi connectivity index (χ1) is 10.2. The number of halogens is 1. The molecule has 0 heterocycles. The molecule has 1 aromatic carbocycles. The Morgan fingerprint density at radius 1 is 1.18 bits per heavy atom. The second kappa shape index (κ2) is 7.77. The van der Waals surface area contributed by atoms with Crippen molar-refractivity contribution < 1.29 is 14.0 Å². The molecular formula is C16H24FN3O2. The minimum Gasteiger partial charge on any atom is -0.349 e. The zero-order chi connectivity index (χ0) is 16.8. The summed E-state index contributed by atoms with van der Waals surface area (Å²) >= 11 is 0. The van der Waals surface area contributed by atoms with E-state index in [0.717, 1.165) is 0 Å². The maximum Gasteiger partial charge on any atom is 0.314 e. The van der Waals surface area contributed by atoms with Gasteiger partial charge in [0.1, 0.15) is 5.82 Å². The lowest BCUT2D eigenvalue weighted by atomic mass is 9.84. The molecule has 1 rings (SSSR count). The molecule has 0 spiro atoms. The van der Waals surface area contributed by atoms with Crippen molar-refractivity contribution in [2.45, 2.75) is 25.7 Å². The molecule has 0 aliphatic carbocycles. The standard InChI is InChI=1S/C16H24FN3O2/c1-16(2,12-7-5-6-8-13(12)17)11-19-15(22)18-10-9-14(21)20(3)4/h5-8H,9-11H2,1-4H3,(H2,18,19,22). The van der Waals surface area contributed by atoms with E-state index in [1.807, 2.05) is 13.8 Å². The first-order valence-corrected chi connectivity index (χ1v) is 7.21. The lowest BCUT2D eigenvalue weighted by Gasteiger charge is -2.26. The maximum atomic E-state index is 13.8. The van der Waals surface area contributed by atoms with Crippen LogP contribution < -0.4 is 10.6 Å². The number of amides is 3. The number of carbonyl (C=O) groups is 2. The van der Waals surface area contributed by atoms with Crippen molar-refractivity contribution in [3.63, 3.8) is 0 Å². The number of benzene rings is 1. The molecule has 22 heavy (non-hydrogen) atoms. The van der Waals surface area contributed by atoms with Crippen LogP contribution in [0.3, 0.4) is 0 Å². The number of nitrogens with one attached hydrogen (secondary N) is 2. The number of hydrogen-bond donors (Lipinski definition) is 2. The molecule has 5 nitrogen and oxygen atoms in total. The van der Waals surface area contributed by atoms with Crippen molar-refractivity contribution in [3.05, 3.63) is 35.6 Å². The molecule has 0 unspecified atom stereocenters. The van der Waals surface area contributed by atoms with Crippen LogP contribution in [-0.2, 0) is 10.2 Å². The Labute approximate surface area is 130 Å². The Morgan fingerprint density at radius 3 is 2.41 bits per heavy atom. The van der Waals surface area contributed by atoms with Gasteiger partial charge in [0.05, 0.1) is 0 Å². The van der Waals surface area contributed by atoms with Gasteiger partial charge in [-0.3, -0.25) is 4.79 Å². The smallest absolute Gasteiger partial charge is 0.314 e. The number of rotatable bonds is 6. The Hall–Kier alpha value is -2.11. The molecule has 0 fully saturated rings. The molecule has 2 N–H and O–H groups in total. The maximum absolute atomic E-state index is 13.8. The molecule has 0 radical (unpaired) electrons. The van der Waals surface area contributed by atoms with Crippen LogP contribution in [0, 0.1) is 5.82 Å². The topological polar surface area (TPSA) is 61.4 Å². The van der Waals surface area contributed by atoms with Gasteiger partial charge in [-0.05, 0) is 11.6 Å². The van der Waals surface area contributed by atoms with Crippen LogP contribution in [-0.4, -0.2) is 44.0 Å². The zero-order valence-corrected chi connectivity index (χ0v) is 13.6. The van der Waals surface area contributed by atoms with Crippen LogP contribution in [0.5, 0.6) is 0 Å². The molecule has 6 heteroatoms. The predicted molar refractivity (Wildman–Crippen MR) is 84.1 cm³/mol. The Kier molecular flexibility index (Phi) is 6.34. The van der Waals surface area contributed by atoms with E-state index in [2.05, 4.69) is 10.6 Å². The summed E-state index contributed by atoms with van der Waals surface area (Å²) in [5, 5.41) is 5.33. The molecular weight excluding hydrogens is 285 g/mol. The summed E-state index contributed by atoms with van der Waals surface area (Å²) < 4.78 is 13.8. The summed E-state index contributed by atoms with van der Waals surface area (Å²) in [5.74, 6) is -0.335. The molecule has 0 aromatic heterocycles. The van der Waals surface area contributed by atoms with Crippen LogP contribution in [0.15, 0.2) is 24.3 Å². The summed E-state index contributed by atoms with van der Waals surface area (Å²) in [5.41, 5.74) is 0.0281. The van der Waals surface area contributed by atoms with Gasteiger partial charge in [0, 0.05) is 39.0 Å². The predicted octanol–water partition coefficient (Wildman–Crippen LogP) is 1.88. The van der Waals surface area contributed by atoms with Gasteiger partial charge >= 0.3 is 6.03 Å². The van der Waals surface area contributed by atoms with Crippen molar-refractivity contribution >= 4 is 11.9 Å². The van der Waals surface area contributed by atoms with Gasteiger partial charge in [0.15, 0.2) is 0 Å². The monoisotopic (exact) mass is 309 g/mol. The van der Waals surface area contributed by atoms with E-state index in [1.54, 1.807) is 32.3 Å². The highest BCUT2D eigenvalue weighted by Gasteiger charge is 2.24. The van der Waals surface area contributed by atoms with Gasteiger partial charge < -0.3 is 15.5 Å². The highest BCUT2D eigenvalue weighted by atomic mass is 19.1. The van der Waals surface area contributed by atoms with E-state index < -0.39 is 5.41 Å². The minimum absolute atomic E-state index is 0.0491. The second-order valence-electron chi connectivity index (χ2n) is 6.01. The van der Waals surface area contributed by atoms with Crippen LogP contribution in [0.1, 0.15) is 25.8 Å². The van der Waals surface area contributed by atoms with E-state index in [4.69, 9.17) is 0 Å². The largest absolute Gasteiger partial charge is 0.349 e. The summed E-state index contributed by atoms with van der Waals surface area (Å²) in [6.07, 6.45) is 0.247. The number of carbonyl (C=O) groups excluding carboxylic acids is 2. The summed E-state index contributed by atoms with van der Waals surface area (Å²) in [6.45, 7) is 4.28. The van der Waals surface area contributed by atoms with Crippen LogP contribution in [0.25, 0.3) is 0 Å². The third-order valence-corrected chi connectivity index (χ3v) is 3.42. The van der Waals surface area contributed by atoms with Gasteiger partial charge in [-0.25, -0.2) is 9.18 Å². The number of nitrogens with zero attached hydrogens (tertiary/aromatic N) is 1. The summed E-state index contributed by atoms with van der Waals surface area (Å²) in [4.78, 5) is 24.6. The molecule has 0 atom stereocenters. The van der Waals surface area contributed by atoms with E-state index >= 15 is 0 Å². The van der Waals surface area contributed by atoms with E-state index in [9.17, 15) is 14.0 Å². The van der Waals surface area contributed by atoms with Crippen molar-refractivity contribution in [2.24, 2.45) is 0 Å². The Morgan fingerprint density at radius 2 is 1.82 bits per heavy atom. The third kappa shape index (κ3) is 5.35. The van der Waals surface area contributed by atoms with E-state index in [0.29, 0.717) is 12.1 Å². The first-order valence-electron chi connectivity index (χ1n) is 7.21. The van der Waals surface area contributed by atoms with Gasteiger partial charge in [-0.2, -0.15) is 0 Å². The van der Waals surface area contributed by atoms with E-state index in [1.165, 1.54) is 11.0 Å². The molecule has 0 aliphatic heterocycles. The molecule has 122 valence electrons. The molecule has 0 saturated heterocycles. The van der Waals surface area contributed by atoms with Crippen molar-refractivity contribution in [1.82, 2.24) is 15.5 Å². The highest BCUT2D eigenvalue weighted by molar-refractivity contribution is 5.77. The highest BCUT2D eigenvalue weighted by Crippen LogP contribution is 2.24. The molecule has 0 saturated carbocycles. The Bertz CT molecular complexity index is 530.